The van der Waals surface area contributed by atoms with Crippen molar-refractivity contribution in [3.05, 3.63) is 36.2 Å². The van der Waals surface area contributed by atoms with Gasteiger partial charge in [-0.3, -0.25) is 4.68 Å². The number of methoxy groups -OCH3 is 1. The Labute approximate surface area is 147 Å². The molecule has 0 bridgehead atoms. The normalized spacial score (nSPS) is 15.8. The first-order chi connectivity index (χ1) is 11.9. The summed E-state index contributed by atoms with van der Waals surface area (Å²) in [5, 5.41) is 7.09. The zero-order chi connectivity index (χ0) is 18.0. The van der Waals surface area contributed by atoms with Gasteiger partial charge in [0.1, 0.15) is 17.1 Å². The molecule has 0 fully saturated rings. The summed E-state index contributed by atoms with van der Waals surface area (Å²) in [6.45, 7) is 7.64. The first-order valence-electron chi connectivity index (χ1n) is 8.34. The van der Waals surface area contributed by atoms with E-state index in [1.807, 2.05) is 45.2 Å². The van der Waals surface area contributed by atoms with Crippen LogP contribution in [0.5, 0.6) is 11.5 Å². The van der Waals surface area contributed by atoms with Gasteiger partial charge in [0, 0.05) is 24.4 Å². The van der Waals surface area contributed by atoms with Crippen LogP contribution >= 0.6 is 0 Å². The number of hydrogen-bond donors (Lipinski definition) is 1. The molecule has 134 valence electrons. The van der Waals surface area contributed by atoms with Crippen LogP contribution in [0.15, 0.2) is 30.6 Å². The molecule has 0 radical (unpaired) electrons. The van der Waals surface area contributed by atoms with E-state index in [2.05, 4.69) is 10.4 Å². The van der Waals surface area contributed by atoms with E-state index < -0.39 is 5.60 Å². The minimum atomic E-state index is -0.511. The summed E-state index contributed by atoms with van der Waals surface area (Å²) in [6, 6.07) is 5.51. The van der Waals surface area contributed by atoms with Crippen LogP contribution in [0.3, 0.4) is 0 Å². The molecule has 0 aliphatic carbocycles. The van der Waals surface area contributed by atoms with E-state index in [1.54, 1.807) is 22.9 Å². The summed E-state index contributed by atoms with van der Waals surface area (Å²) in [4.78, 5) is 14.5. The largest absolute Gasteiger partial charge is 0.497 e. The third-order valence-electron chi connectivity index (χ3n) is 4.09. The smallest absolute Gasteiger partial charge is 0.322 e. The van der Waals surface area contributed by atoms with Crippen LogP contribution in [-0.2, 0) is 13.1 Å². The molecule has 2 aromatic rings. The van der Waals surface area contributed by atoms with E-state index in [1.165, 1.54) is 0 Å². The van der Waals surface area contributed by atoms with E-state index >= 15 is 0 Å². The van der Waals surface area contributed by atoms with E-state index in [9.17, 15) is 4.79 Å². The summed E-state index contributed by atoms with van der Waals surface area (Å²) in [5.74, 6) is 1.48. The third kappa shape index (κ3) is 3.87. The second-order valence-corrected chi connectivity index (χ2v) is 6.71. The van der Waals surface area contributed by atoms with E-state index in [0.717, 1.165) is 23.6 Å². The molecule has 1 aliphatic rings. The van der Waals surface area contributed by atoms with Gasteiger partial charge in [-0.15, -0.1) is 0 Å². The monoisotopic (exact) mass is 344 g/mol. The van der Waals surface area contributed by atoms with Gasteiger partial charge in [0.05, 0.1) is 32.1 Å². The van der Waals surface area contributed by atoms with Gasteiger partial charge in [-0.1, -0.05) is 0 Å². The maximum Gasteiger partial charge on any atom is 0.322 e. The van der Waals surface area contributed by atoms with Crippen LogP contribution < -0.4 is 14.8 Å². The highest BCUT2D eigenvalue weighted by atomic mass is 16.5. The van der Waals surface area contributed by atoms with Gasteiger partial charge in [0.2, 0.25) is 0 Å². The standard InChI is InChI=1S/C18H24N4O3/c1-5-22-11-14(9-19-22)20-17(23)21-10-13-6-7-15(24-4)8-16(13)25-18(2,3)12-21/h6-9,11H,5,10,12H2,1-4H3,(H,20,23). The van der Waals surface area contributed by atoms with Crippen molar-refractivity contribution in [3.8, 4) is 11.5 Å². The Bertz CT molecular complexity index is 769. The number of rotatable bonds is 3. The zero-order valence-electron chi connectivity index (χ0n) is 15.1. The SMILES string of the molecule is CCn1cc(NC(=O)N2Cc3ccc(OC)cc3OC(C)(C)C2)cn1. The molecule has 0 saturated carbocycles. The maximum atomic E-state index is 12.7. The highest BCUT2D eigenvalue weighted by Gasteiger charge is 2.32. The molecule has 1 aromatic carbocycles. The van der Waals surface area contributed by atoms with Crippen LogP contribution in [0.2, 0.25) is 0 Å². The number of aromatic nitrogens is 2. The number of fused-ring (bicyclic) bond motifs is 1. The van der Waals surface area contributed by atoms with Gasteiger partial charge in [0.25, 0.3) is 0 Å². The average Bonchev–Trinajstić information content (AvgIpc) is 2.96. The fourth-order valence-corrected chi connectivity index (χ4v) is 2.89. The van der Waals surface area contributed by atoms with Gasteiger partial charge in [-0.05, 0) is 32.9 Å². The van der Waals surface area contributed by atoms with Crippen molar-refractivity contribution in [1.29, 1.82) is 0 Å². The molecule has 7 nitrogen and oxygen atoms in total. The molecule has 2 heterocycles. The molecule has 7 heteroatoms. The molecule has 0 atom stereocenters. The zero-order valence-corrected chi connectivity index (χ0v) is 15.1. The number of carbonyl (C=O) groups is 1. The number of benzene rings is 1. The predicted octanol–water partition coefficient (Wildman–Crippen LogP) is 3.12. The summed E-state index contributed by atoms with van der Waals surface area (Å²) in [6.07, 6.45) is 3.47. The lowest BCUT2D eigenvalue weighted by molar-refractivity contribution is 0.0833. The number of aryl methyl sites for hydroxylation is 1. The molecule has 1 N–H and O–H groups in total. The van der Waals surface area contributed by atoms with Gasteiger partial charge in [-0.25, -0.2) is 4.79 Å². The molecule has 1 aliphatic heterocycles. The van der Waals surface area contributed by atoms with Crippen LogP contribution in [0, 0.1) is 0 Å². The van der Waals surface area contributed by atoms with Gasteiger partial charge in [-0.2, -0.15) is 5.10 Å². The molecular formula is C18H24N4O3. The minimum absolute atomic E-state index is 0.170. The number of anilines is 1. The summed E-state index contributed by atoms with van der Waals surface area (Å²) in [7, 11) is 1.62. The van der Waals surface area contributed by atoms with E-state index in [4.69, 9.17) is 9.47 Å². The maximum absolute atomic E-state index is 12.7. The van der Waals surface area contributed by atoms with Crippen LogP contribution in [-0.4, -0.2) is 40.0 Å². The minimum Gasteiger partial charge on any atom is -0.497 e. The fraction of sp³-hybridized carbons (Fsp3) is 0.444. The van der Waals surface area contributed by atoms with Crippen molar-refractivity contribution < 1.29 is 14.3 Å². The highest BCUT2D eigenvalue weighted by Crippen LogP contribution is 2.32. The number of amides is 2. The Kier molecular flexibility index (Phi) is 4.57. The van der Waals surface area contributed by atoms with Gasteiger partial charge < -0.3 is 19.7 Å². The van der Waals surface area contributed by atoms with Crippen molar-refractivity contribution in [2.24, 2.45) is 0 Å². The molecule has 2 amide bonds. The first-order valence-corrected chi connectivity index (χ1v) is 8.34. The second-order valence-electron chi connectivity index (χ2n) is 6.71. The second kappa shape index (κ2) is 6.66. The molecule has 25 heavy (non-hydrogen) atoms. The van der Waals surface area contributed by atoms with Crippen LogP contribution in [0.25, 0.3) is 0 Å². The molecule has 0 unspecified atom stereocenters. The molecule has 1 aromatic heterocycles. The van der Waals surface area contributed by atoms with Crippen LogP contribution in [0.4, 0.5) is 10.5 Å². The number of nitrogens with one attached hydrogen (secondary N) is 1. The van der Waals surface area contributed by atoms with Crippen molar-refractivity contribution in [2.45, 2.75) is 39.5 Å². The molecule has 0 saturated heterocycles. The number of nitrogens with zero attached hydrogens (tertiary/aromatic N) is 3. The van der Waals surface area contributed by atoms with Crippen molar-refractivity contribution >= 4 is 11.7 Å². The average molecular weight is 344 g/mol. The number of hydrogen-bond acceptors (Lipinski definition) is 4. The summed E-state index contributed by atoms with van der Waals surface area (Å²) >= 11 is 0. The Balaban J connectivity index is 1.81. The Hall–Kier alpha value is -2.70. The lowest BCUT2D eigenvalue weighted by Crippen LogP contribution is -2.44. The number of carbonyl (C=O) groups excluding carboxylic acids is 1. The van der Waals surface area contributed by atoms with Crippen molar-refractivity contribution in [2.75, 3.05) is 19.0 Å². The lowest BCUT2D eigenvalue weighted by atomic mass is 10.1. The molecule has 3 rings (SSSR count). The Morgan fingerprint density at radius 1 is 1.44 bits per heavy atom. The lowest BCUT2D eigenvalue weighted by Gasteiger charge is -2.29. The topological polar surface area (TPSA) is 68.6 Å². The summed E-state index contributed by atoms with van der Waals surface area (Å²) in [5.41, 5.74) is 1.12. The van der Waals surface area contributed by atoms with E-state index in [0.29, 0.717) is 18.8 Å². The fourth-order valence-electron chi connectivity index (χ4n) is 2.89. The first kappa shape index (κ1) is 17.1. The van der Waals surface area contributed by atoms with Crippen LogP contribution in [0.1, 0.15) is 26.3 Å². The quantitative estimate of drug-likeness (QED) is 0.929. The Morgan fingerprint density at radius 3 is 2.92 bits per heavy atom. The Morgan fingerprint density at radius 2 is 2.24 bits per heavy atom. The third-order valence-corrected chi connectivity index (χ3v) is 4.09. The predicted molar refractivity (Wildman–Crippen MR) is 95.0 cm³/mol. The number of urea groups is 1. The molecule has 0 spiro atoms. The van der Waals surface area contributed by atoms with Gasteiger partial charge >= 0.3 is 6.03 Å². The highest BCUT2D eigenvalue weighted by molar-refractivity contribution is 5.89. The van der Waals surface area contributed by atoms with Gasteiger partial charge in [0.15, 0.2) is 0 Å². The van der Waals surface area contributed by atoms with E-state index in [-0.39, 0.29) is 6.03 Å². The van der Waals surface area contributed by atoms with Crippen molar-refractivity contribution in [3.63, 3.8) is 0 Å². The number of ether oxygens (including phenoxy) is 2. The van der Waals surface area contributed by atoms with Crippen molar-refractivity contribution in [1.82, 2.24) is 14.7 Å². The summed E-state index contributed by atoms with van der Waals surface area (Å²) < 4.78 is 13.2. The molecular weight excluding hydrogens is 320 g/mol.